The standard InChI is InChI=1S/C20H37NO3/c1-2-3-7-10-16(22)12-13-18-17(19(23)15-20(18)24)11-8-5-4-6-9-14-21/h5,8,12-13,16-20,22-24H,2-4,6-7,9-11,14-15,21H2,1H3/b8-5-,13-12+/t16-,17+,18+,19-,20+/m0/s1. The van der Waals surface area contributed by atoms with E-state index in [2.05, 4.69) is 19.1 Å². The fourth-order valence-electron chi connectivity index (χ4n) is 3.44. The molecule has 24 heavy (non-hydrogen) atoms. The molecule has 1 rings (SSSR count). The molecule has 0 radical (unpaired) electrons. The minimum Gasteiger partial charge on any atom is -0.393 e. The maximum absolute atomic E-state index is 10.2. The van der Waals surface area contributed by atoms with Gasteiger partial charge < -0.3 is 21.1 Å². The van der Waals surface area contributed by atoms with Crippen LogP contribution in [0.3, 0.4) is 0 Å². The lowest BCUT2D eigenvalue weighted by Gasteiger charge is -2.19. The summed E-state index contributed by atoms with van der Waals surface area (Å²) in [4.78, 5) is 0. The smallest absolute Gasteiger partial charge is 0.0721 e. The largest absolute Gasteiger partial charge is 0.393 e. The molecule has 1 aliphatic carbocycles. The lowest BCUT2D eigenvalue weighted by atomic mass is 9.89. The van der Waals surface area contributed by atoms with Crippen molar-refractivity contribution in [3.05, 3.63) is 24.3 Å². The van der Waals surface area contributed by atoms with Crippen LogP contribution in [0.4, 0.5) is 0 Å². The molecule has 1 saturated carbocycles. The van der Waals surface area contributed by atoms with Gasteiger partial charge in [0.15, 0.2) is 0 Å². The van der Waals surface area contributed by atoms with E-state index in [0.29, 0.717) is 6.42 Å². The highest BCUT2D eigenvalue weighted by Crippen LogP contribution is 2.36. The average molecular weight is 340 g/mol. The molecule has 0 amide bonds. The van der Waals surface area contributed by atoms with Gasteiger partial charge in [-0.05, 0) is 44.6 Å². The summed E-state index contributed by atoms with van der Waals surface area (Å²) >= 11 is 0. The summed E-state index contributed by atoms with van der Waals surface area (Å²) in [5, 5.41) is 30.4. The summed E-state index contributed by atoms with van der Waals surface area (Å²) in [5.41, 5.74) is 5.48. The predicted octanol–water partition coefficient (Wildman–Crippen LogP) is 2.92. The minimum absolute atomic E-state index is 0.0323. The SMILES string of the molecule is CCCCC[C@H](O)/C=C/[C@@H]1[C@@H](C/C=C\CCCCN)[C@@H](O)C[C@H]1O. The Morgan fingerprint density at radius 2 is 1.88 bits per heavy atom. The number of hydrogen-bond donors (Lipinski definition) is 4. The Bertz CT molecular complexity index is 370. The summed E-state index contributed by atoms with van der Waals surface area (Å²) < 4.78 is 0. The van der Waals surface area contributed by atoms with E-state index in [1.165, 1.54) is 0 Å². The van der Waals surface area contributed by atoms with Gasteiger partial charge >= 0.3 is 0 Å². The number of nitrogens with two attached hydrogens (primary N) is 1. The molecule has 5 atom stereocenters. The van der Waals surface area contributed by atoms with Gasteiger partial charge in [-0.25, -0.2) is 0 Å². The monoisotopic (exact) mass is 339 g/mol. The predicted molar refractivity (Wildman–Crippen MR) is 99.6 cm³/mol. The van der Waals surface area contributed by atoms with Gasteiger partial charge in [0, 0.05) is 12.3 Å². The van der Waals surface area contributed by atoms with Gasteiger partial charge in [-0.1, -0.05) is 50.5 Å². The highest BCUT2D eigenvalue weighted by atomic mass is 16.3. The molecule has 0 aliphatic heterocycles. The van der Waals surface area contributed by atoms with Gasteiger partial charge in [-0.3, -0.25) is 0 Å². The number of aliphatic hydroxyl groups excluding tert-OH is 3. The minimum atomic E-state index is -0.519. The highest BCUT2D eigenvalue weighted by molar-refractivity contribution is 5.06. The van der Waals surface area contributed by atoms with Crippen LogP contribution in [-0.2, 0) is 0 Å². The third kappa shape index (κ3) is 7.93. The van der Waals surface area contributed by atoms with Crippen LogP contribution in [-0.4, -0.2) is 40.2 Å². The molecule has 5 N–H and O–H groups in total. The van der Waals surface area contributed by atoms with E-state index in [1.807, 2.05) is 6.08 Å². The molecule has 0 aromatic heterocycles. The first-order chi connectivity index (χ1) is 11.6. The summed E-state index contributed by atoms with van der Waals surface area (Å²) in [5.74, 6) is -0.0423. The summed E-state index contributed by atoms with van der Waals surface area (Å²) in [7, 11) is 0. The number of hydrogen-bond acceptors (Lipinski definition) is 4. The lowest BCUT2D eigenvalue weighted by molar-refractivity contribution is 0.120. The van der Waals surface area contributed by atoms with Crippen molar-refractivity contribution >= 4 is 0 Å². The topological polar surface area (TPSA) is 86.7 Å². The van der Waals surface area contributed by atoms with Crippen LogP contribution in [0, 0.1) is 11.8 Å². The van der Waals surface area contributed by atoms with Crippen LogP contribution in [0.15, 0.2) is 24.3 Å². The Kier molecular flexibility index (Phi) is 11.3. The van der Waals surface area contributed by atoms with E-state index in [-0.39, 0.29) is 11.8 Å². The highest BCUT2D eigenvalue weighted by Gasteiger charge is 2.39. The molecule has 0 heterocycles. The second-order valence-corrected chi connectivity index (χ2v) is 7.05. The van der Waals surface area contributed by atoms with Crippen molar-refractivity contribution in [2.24, 2.45) is 17.6 Å². The van der Waals surface area contributed by atoms with E-state index in [1.54, 1.807) is 6.08 Å². The maximum Gasteiger partial charge on any atom is 0.0721 e. The fraction of sp³-hybridized carbons (Fsp3) is 0.800. The van der Waals surface area contributed by atoms with Crippen LogP contribution >= 0.6 is 0 Å². The summed E-state index contributed by atoms with van der Waals surface area (Å²) in [6.07, 6.45) is 14.9. The number of unbranched alkanes of at least 4 members (excludes halogenated alkanes) is 4. The molecule has 140 valence electrons. The van der Waals surface area contributed by atoms with Crippen molar-refractivity contribution in [3.63, 3.8) is 0 Å². The molecule has 0 bridgehead atoms. The zero-order chi connectivity index (χ0) is 17.8. The molecule has 0 saturated heterocycles. The second kappa shape index (κ2) is 12.6. The van der Waals surface area contributed by atoms with Gasteiger partial charge in [-0.2, -0.15) is 0 Å². The van der Waals surface area contributed by atoms with Crippen LogP contribution in [0.5, 0.6) is 0 Å². The van der Waals surface area contributed by atoms with Crippen molar-refractivity contribution in [2.45, 2.75) is 83.0 Å². The maximum atomic E-state index is 10.2. The molecular weight excluding hydrogens is 302 g/mol. The van der Waals surface area contributed by atoms with Crippen molar-refractivity contribution < 1.29 is 15.3 Å². The van der Waals surface area contributed by atoms with Crippen molar-refractivity contribution in [1.82, 2.24) is 0 Å². The fourth-order valence-corrected chi connectivity index (χ4v) is 3.44. The van der Waals surface area contributed by atoms with Crippen molar-refractivity contribution in [3.8, 4) is 0 Å². The van der Waals surface area contributed by atoms with Crippen LogP contribution in [0.25, 0.3) is 0 Å². The number of allylic oxidation sites excluding steroid dienone is 2. The Balaban J connectivity index is 2.46. The molecule has 0 spiro atoms. The van der Waals surface area contributed by atoms with Crippen LogP contribution < -0.4 is 5.73 Å². The zero-order valence-corrected chi connectivity index (χ0v) is 15.2. The molecule has 0 aromatic rings. The molecule has 0 unspecified atom stereocenters. The lowest BCUT2D eigenvalue weighted by Crippen LogP contribution is -2.20. The summed E-state index contributed by atoms with van der Waals surface area (Å²) in [6.45, 7) is 2.88. The second-order valence-electron chi connectivity index (χ2n) is 7.05. The zero-order valence-electron chi connectivity index (χ0n) is 15.2. The van der Waals surface area contributed by atoms with Gasteiger partial charge in [0.05, 0.1) is 18.3 Å². The van der Waals surface area contributed by atoms with Crippen LogP contribution in [0.2, 0.25) is 0 Å². The Morgan fingerprint density at radius 1 is 1.08 bits per heavy atom. The number of rotatable bonds is 12. The Morgan fingerprint density at radius 3 is 2.58 bits per heavy atom. The van der Waals surface area contributed by atoms with Gasteiger partial charge in [-0.15, -0.1) is 0 Å². The Hall–Kier alpha value is -0.680. The third-order valence-electron chi connectivity index (χ3n) is 4.97. The number of aliphatic hydroxyl groups is 3. The molecule has 1 fully saturated rings. The third-order valence-corrected chi connectivity index (χ3v) is 4.97. The molecule has 4 nitrogen and oxygen atoms in total. The van der Waals surface area contributed by atoms with E-state index < -0.39 is 18.3 Å². The van der Waals surface area contributed by atoms with Crippen molar-refractivity contribution in [2.75, 3.05) is 6.54 Å². The van der Waals surface area contributed by atoms with E-state index >= 15 is 0 Å². The van der Waals surface area contributed by atoms with Gasteiger partial charge in [0.1, 0.15) is 0 Å². The Labute approximate surface area is 147 Å². The first-order valence-corrected chi connectivity index (χ1v) is 9.67. The van der Waals surface area contributed by atoms with Crippen LogP contribution in [0.1, 0.15) is 64.7 Å². The molecule has 1 aliphatic rings. The normalized spacial score (nSPS) is 29.0. The quantitative estimate of drug-likeness (QED) is 0.325. The van der Waals surface area contributed by atoms with Gasteiger partial charge in [0.2, 0.25) is 0 Å². The van der Waals surface area contributed by atoms with E-state index in [9.17, 15) is 15.3 Å². The summed E-state index contributed by atoms with van der Waals surface area (Å²) in [6, 6.07) is 0. The first kappa shape index (κ1) is 21.4. The van der Waals surface area contributed by atoms with Gasteiger partial charge in [0.25, 0.3) is 0 Å². The molecule has 4 heteroatoms. The molecular formula is C20H37NO3. The van der Waals surface area contributed by atoms with Crippen molar-refractivity contribution in [1.29, 1.82) is 0 Å². The first-order valence-electron chi connectivity index (χ1n) is 9.67. The van der Waals surface area contributed by atoms with E-state index in [4.69, 9.17) is 5.73 Å². The van der Waals surface area contributed by atoms with E-state index in [0.717, 1.165) is 57.9 Å². The average Bonchev–Trinajstić information content (AvgIpc) is 2.82. The molecule has 0 aromatic carbocycles.